The lowest BCUT2D eigenvalue weighted by atomic mass is 9.95. The van der Waals surface area contributed by atoms with E-state index in [1.165, 1.54) is 19.3 Å². The van der Waals surface area contributed by atoms with Gasteiger partial charge in [0, 0.05) is 23.5 Å². The third kappa shape index (κ3) is 4.51. The first kappa shape index (κ1) is 22.1. The topological polar surface area (TPSA) is 81.4 Å². The van der Waals surface area contributed by atoms with E-state index in [4.69, 9.17) is 0 Å². The van der Waals surface area contributed by atoms with Crippen LogP contribution in [0.5, 0.6) is 0 Å². The third-order valence-electron chi connectivity index (χ3n) is 6.78. The molecule has 0 atom stereocenters. The normalized spacial score (nSPS) is 14.4. The molecule has 7 nitrogen and oxygen atoms in total. The summed E-state index contributed by atoms with van der Waals surface area (Å²) in [7, 11) is 0. The fraction of sp³-hybridized carbons (Fsp3) is 0.333. The second-order valence-corrected chi connectivity index (χ2v) is 8.99. The van der Waals surface area contributed by atoms with Gasteiger partial charge in [0.25, 0.3) is 0 Å². The fourth-order valence-electron chi connectivity index (χ4n) is 4.97. The number of allylic oxidation sites excluding steroid dienone is 1. The molecule has 0 spiro atoms. The largest absolute Gasteiger partial charge is 0.328 e. The van der Waals surface area contributed by atoms with E-state index < -0.39 is 0 Å². The van der Waals surface area contributed by atoms with Crippen LogP contribution in [-0.2, 0) is 13.0 Å². The molecule has 0 radical (unpaired) electrons. The molecule has 2 heterocycles. The standard InChI is InChI=1S/C27H30N6O/c1-2-3-9-23-19-33(22-10-5-4-6-11-22)27(34)32(23)18-20-14-16-21(17-15-20)24-12-7-8-13-25(24)26-28-30-31-29-26/h2,7-8,12-17,19,22H,1,3-6,9-11,18H2,(H,28,29,30,31). The Hall–Kier alpha value is -3.74. The Labute approximate surface area is 199 Å². The molecule has 0 saturated heterocycles. The minimum Gasteiger partial charge on any atom is -0.296 e. The number of aromatic amines is 1. The number of tetrazole rings is 1. The van der Waals surface area contributed by atoms with Gasteiger partial charge in [-0.05, 0) is 47.6 Å². The first-order chi connectivity index (χ1) is 16.7. The van der Waals surface area contributed by atoms with Crippen LogP contribution in [0.4, 0.5) is 0 Å². The van der Waals surface area contributed by atoms with Crippen molar-refractivity contribution in [1.82, 2.24) is 29.8 Å². The lowest BCUT2D eigenvalue weighted by Crippen LogP contribution is -2.29. The molecule has 5 rings (SSSR count). The Morgan fingerprint density at radius 3 is 2.50 bits per heavy atom. The summed E-state index contributed by atoms with van der Waals surface area (Å²) in [6, 6.07) is 16.8. The number of aromatic nitrogens is 6. The molecule has 34 heavy (non-hydrogen) atoms. The van der Waals surface area contributed by atoms with Crippen LogP contribution in [-0.4, -0.2) is 29.8 Å². The summed E-state index contributed by atoms with van der Waals surface area (Å²) in [6.07, 6.45) is 11.6. The van der Waals surface area contributed by atoms with Gasteiger partial charge in [-0.1, -0.05) is 73.9 Å². The van der Waals surface area contributed by atoms with Crippen molar-refractivity contribution in [2.75, 3.05) is 0 Å². The fourth-order valence-corrected chi connectivity index (χ4v) is 4.97. The number of benzene rings is 2. The monoisotopic (exact) mass is 454 g/mol. The van der Waals surface area contributed by atoms with Gasteiger partial charge in [-0.2, -0.15) is 5.21 Å². The Kier molecular flexibility index (Phi) is 6.51. The predicted octanol–water partition coefficient (Wildman–Crippen LogP) is 5.17. The van der Waals surface area contributed by atoms with Gasteiger partial charge in [0.2, 0.25) is 5.82 Å². The molecule has 1 aliphatic rings. The zero-order valence-electron chi connectivity index (χ0n) is 19.4. The van der Waals surface area contributed by atoms with Gasteiger partial charge in [0.1, 0.15) is 0 Å². The van der Waals surface area contributed by atoms with Gasteiger partial charge in [0.05, 0.1) is 6.54 Å². The Morgan fingerprint density at radius 2 is 1.79 bits per heavy atom. The number of nitrogens with zero attached hydrogens (tertiary/aromatic N) is 5. The maximum Gasteiger partial charge on any atom is 0.328 e. The van der Waals surface area contributed by atoms with E-state index in [1.807, 2.05) is 33.4 Å². The number of H-pyrrole nitrogens is 1. The molecule has 4 aromatic rings. The van der Waals surface area contributed by atoms with E-state index >= 15 is 0 Å². The highest BCUT2D eigenvalue weighted by molar-refractivity contribution is 5.80. The summed E-state index contributed by atoms with van der Waals surface area (Å²) < 4.78 is 3.94. The first-order valence-corrected chi connectivity index (χ1v) is 12.1. The summed E-state index contributed by atoms with van der Waals surface area (Å²) in [5, 5.41) is 14.5. The molecular formula is C27H30N6O. The van der Waals surface area contributed by atoms with Gasteiger partial charge >= 0.3 is 5.69 Å². The Balaban J connectivity index is 1.43. The SMILES string of the molecule is C=CCCc1cn(C2CCCCC2)c(=O)n1Cc1ccc(-c2ccccc2-c2nn[nH]n2)cc1. The molecule has 1 N–H and O–H groups in total. The van der Waals surface area contributed by atoms with Gasteiger partial charge in [-0.15, -0.1) is 16.8 Å². The lowest BCUT2D eigenvalue weighted by molar-refractivity contribution is 0.344. The molecular weight excluding hydrogens is 424 g/mol. The van der Waals surface area contributed by atoms with Crippen molar-refractivity contribution in [2.45, 2.75) is 57.5 Å². The van der Waals surface area contributed by atoms with Crippen molar-refractivity contribution in [3.63, 3.8) is 0 Å². The van der Waals surface area contributed by atoms with E-state index in [0.29, 0.717) is 18.4 Å². The number of rotatable bonds is 8. The minimum absolute atomic E-state index is 0.109. The van der Waals surface area contributed by atoms with Gasteiger partial charge in [-0.3, -0.25) is 9.13 Å². The maximum atomic E-state index is 13.4. The number of hydrogen-bond donors (Lipinski definition) is 1. The molecule has 1 fully saturated rings. The van der Waals surface area contributed by atoms with E-state index in [9.17, 15) is 4.79 Å². The van der Waals surface area contributed by atoms with Crippen LogP contribution in [0.25, 0.3) is 22.5 Å². The molecule has 7 heteroatoms. The minimum atomic E-state index is 0.109. The van der Waals surface area contributed by atoms with E-state index in [-0.39, 0.29) is 5.69 Å². The molecule has 1 saturated carbocycles. The van der Waals surface area contributed by atoms with Gasteiger partial charge in [0.15, 0.2) is 0 Å². The quantitative estimate of drug-likeness (QED) is 0.373. The van der Waals surface area contributed by atoms with Crippen molar-refractivity contribution >= 4 is 0 Å². The molecule has 2 aromatic carbocycles. The lowest BCUT2D eigenvalue weighted by Gasteiger charge is -2.22. The van der Waals surface area contributed by atoms with Crippen molar-refractivity contribution in [3.05, 3.63) is 89.1 Å². The van der Waals surface area contributed by atoms with E-state index in [2.05, 4.69) is 63.7 Å². The van der Waals surface area contributed by atoms with Crippen LogP contribution in [0, 0.1) is 0 Å². The highest BCUT2D eigenvalue weighted by Crippen LogP contribution is 2.30. The first-order valence-electron chi connectivity index (χ1n) is 12.1. The number of nitrogens with one attached hydrogen (secondary N) is 1. The van der Waals surface area contributed by atoms with E-state index in [1.54, 1.807) is 0 Å². The van der Waals surface area contributed by atoms with Crippen molar-refractivity contribution in [3.8, 4) is 22.5 Å². The second kappa shape index (κ2) is 10.0. The Morgan fingerprint density at radius 1 is 1.03 bits per heavy atom. The Bertz CT molecular complexity index is 1290. The summed E-state index contributed by atoms with van der Waals surface area (Å²) >= 11 is 0. The van der Waals surface area contributed by atoms with Crippen LogP contribution in [0.2, 0.25) is 0 Å². The van der Waals surface area contributed by atoms with Gasteiger partial charge in [-0.25, -0.2) is 4.79 Å². The number of hydrogen-bond acceptors (Lipinski definition) is 4. The molecule has 1 aliphatic carbocycles. The average molecular weight is 455 g/mol. The molecule has 0 unspecified atom stereocenters. The molecule has 2 aromatic heterocycles. The number of aryl methyl sites for hydroxylation is 1. The summed E-state index contributed by atoms with van der Waals surface area (Å²) in [4.78, 5) is 13.4. The predicted molar refractivity (Wildman–Crippen MR) is 133 cm³/mol. The molecule has 0 bridgehead atoms. The van der Waals surface area contributed by atoms with Crippen molar-refractivity contribution < 1.29 is 0 Å². The smallest absolute Gasteiger partial charge is 0.296 e. The highest BCUT2D eigenvalue weighted by Gasteiger charge is 2.20. The second-order valence-electron chi connectivity index (χ2n) is 8.99. The third-order valence-corrected chi connectivity index (χ3v) is 6.78. The van der Waals surface area contributed by atoms with Crippen LogP contribution in [0.1, 0.15) is 55.8 Å². The zero-order chi connectivity index (χ0) is 23.3. The maximum absolute atomic E-state index is 13.4. The van der Waals surface area contributed by atoms with Crippen molar-refractivity contribution in [2.24, 2.45) is 0 Å². The molecule has 0 aliphatic heterocycles. The van der Waals surface area contributed by atoms with Crippen LogP contribution < -0.4 is 5.69 Å². The molecule has 0 amide bonds. The van der Waals surface area contributed by atoms with Crippen LogP contribution in [0.15, 0.2) is 72.2 Å². The highest BCUT2D eigenvalue weighted by atomic mass is 16.1. The average Bonchev–Trinajstić information content (AvgIpc) is 3.53. The van der Waals surface area contributed by atoms with Gasteiger partial charge < -0.3 is 0 Å². The number of imidazole rings is 1. The summed E-state index contributed by atoms with van der Waals surface area (Å²) in [6.45, 7) is 4.43. The summed E-state index contributed by atoms with van der Waals surface area (Å²) in [5.74, 6) is 0.571. The van der Waals surface area contributed by atoms with Crippen LogP contribution in [0.3, 0.4) is 0 Å². The van der Waals surface area contributed by atoms with E-state index in [0.717, 1.165) is 53.6 Å². The van der Waals surface area contributed by atoms with Crippen molar-refractivity contribution in [1.29, 1.82) is 0 Å². The molecule has 174 valence electrons. The van der Waals surface area contributed by atoms with Crippen LogP contribution >= 0.6 is 0 Å². The summed E-state index contributed by atoms with van der Waals surface area (Å²) in [5.41, 5.74) is 5.34. The zero-order valence-corrected chi connectivity index (χ0v) is 19.4.